The number of benzene rings is 3. The molecule has 1 aliphatic rings. The van der Waals surface area contributed by atoms with Crippen LogP contribution < -0.4 is 10.6 Å². The minimum atomic E-state index is -1.28. The molecule has 0 fully saturated rings. The molecular formula is C26H24N2O6. The molecule has 0 heterocycles. The summed E-state index contributed by atoms with van der Waals surface area (Å²) in [6.45, 7) is 1.81. The lowest BCUT2D eigenvalue weighted by molar-refractivity contribution is -0.116. The Morgan fingerprint density at radius 2 is 1.59 bits per heavy atom. The van der Waals surface area contributed by atoms with E-state index in [4.69, 9.17) is 4.74 Å². The van der Waals surface area contributed by atoms with Gasteiger partial charge in [0.15, 0.2) is 0 Å². The first-order chi connectivity index (χ1) is 16.3. The summed E-state index contributed by atoms with van der Waals surface area (Å²) < 4.78 is 5.49. The lowest BCUT2D eigenvalue weighted by Gasteiger charge is -2.17. The highest BCUT2D eigenvalue weighted by Crippen LogP contribution is 2.44. The Morgan fingerprint density at radius 3 is 2.21 bits per heavy atom. The van der Waals surface area contributed by atoms with E-state index in [0.717, 1.165) is 28.3 Å². The number of nitrogens with one attached hydrogen (secondary N) is 2. The summed E-state index contributed by atoms with van der Waals surface area (Å²) in [5.41, 5.74) is 4.30. The van der Waals surface area contributed by atoms with Crippen molar-refractivity contribution < 1.29 is 29.3 Å². The number of carbonyl (C=O) groups excluding carboxylic acids is 2. The van der Waals surface area contributed by atoms with Crippen LogP contribution in [0.2, 0.25) is 0 Å². The number of carbonyl (C=O) groups is 3. The molecule has 3 aromatic carbocycles. The Morgan fingerprint density at radius 1 is 0.971 bits per heavy atom. The number of alkyl carbamates (subject to hydrolysis) is 1. The third-order valence-electron chi connectivity index (χ3n) is 5.71. The lowest BCUT2D eigenvalue weighted by Crippen LogP contribution is -2.36. The standard InChI is InChI=1S/C26H24N2O6/c1-15(12-24(30)28-23-11-10-16(29)13-21(23)25(31)32)27-26(33)34-14-22-19-8-4-2-6-17(19)18-7-3-5-9-20(18)22/h2-11,13,15,22,29H,12,14H2,1H3,(H,27,33)(H,28,30)(H,31,32)/t15-/m0/s1. The smallest absolute Gasteiger partial charge is 0.407 e. The number of phenols is 1. The van der Waals surface area contributed by atoms with Gasteiger partial charge < -0.3 is 25.6 Å². The Bertz CT molecular complexity index is 1210. The van der Waals surface area contributed by atoms with Gasteiger partial charge in [-0.1, -0.05) is 48.5 Å². The fourth-order valence-corrected chi connectivity index (χ4v) is 4.19. The number of fused-ring (bicyclic) bond motifs is 3. The summed E-state index contributed by atoms with van der Waals surface area (Å²) >= 11 is 0. The highest BCUT2D eigenvalue weighted by atomic mass is 16.5. The van der Waals surface area contributed by atoms with Crippen molar-refractivity contribution in [2.24, 2.45) is 0 Å². The van der Waals surface area contributed by atoms with Crippen molar-refractivity contribution >= 4 is 23.7 Å². The zero-order valence-electron chi connectivity index (χ0n) is 18.4. The average Bonchev–Trinajstić information content (AvgIpc) is 3.12. The van der Waals surface area contributed by atoms with Crippen molar-refractivity contribution in [2.45, 2.75) is 25.3 Å². The van der Waals surface area contributed by atoms with E-state index in [1.165, 1.54) is 12.1 Å². The van der Waals surface area contributed by atoms with E-state index in [1.807, 2.05) is 36.4 Å². The van der Waals surface area contributed by atoms with Crippen molar-refractivity contribution in [3.05, 3.63) is 83.4 Å². The van der Waals surface area contributed by atoms with E-state index in [9.17, 15) is 24.6 Å². The number of hydrogen-bond acceptors (Lipinski definition) is 5. The zero-order valence-corrected chi connectivity index (χ0v) is 18.4. The molecular weight excluding hydrogens is 436 g/mol. The van der Waals surface area contributed by atoms with Gasteiger partial charge in [0, 0.05) is 18.4 Å². The van der Waals surface area contributed by atoms with E-state index in [2.05, 4.69) is 22.8 Å². The van der Waals surface area contributed by atoms with Crippen molar-refractivity contribution in [3.63, 3.8) is 0 Å². The number of rotatable bonds is 7. The molecule has 0 aliphatic heterocycles. The zero-order chi connectivity index (χ0) is 24.2. The van der Waals surface area contributed by atoms with Crippen molar-refractivity contribution in [1.82, 2.24) is 5.32 Å². The number of carboxylic acid groups (broad SMARTS) is 1. The maximum Gasteiger partial charge on any atom is 0.407 e. The van der Waals surface area contributed by atoms with Gasteiger partial charge in [0.05, 0.1) is 11.3 Å². The van der Waals surface area contributed by atoms with Crippen LogP contribution in [0.15, 0.2) is 66.7 Å². The Kier molecular flexibility index (Phi) is 6.49. The summed E-state index contributed by atoms with van der Waals surface area (Å²) in [5, 5.41) is 23.8. The molecule has 0 saturated heterocycles. The fraction of sp³-hybridized carbons (Fsp3) is 0.192. The molecule has 3 aromatic rings. The molecule has 34 heavy (non-hydrogen) atoms. The predicted octanol–water partition coefficient (Wildman–Crippen LogP) is 4.35. The monoisotopic (exact) mass is 460 g/mol. The number of aromatic hydroxyl groups is 1. The SMILES string of the molecule is C[C@@H](CC(=O)Nc1ccc(O)cc1C(=O)O)NC(=O)OCC1c2ccccc2-c2ccccc21. The minimum Gasteiger partial charge on any atom is -0.508 e. The molecule has 0 radical (unpaired) electrons. The summed E-state index contributed by atoms with van der Waals surface area (Å²) in [4.78, 5) is 36.1. The van der Waals surface area contributed by atoms with E-state index in [1.54, 1.807) is 6.92 Å². The van der Waals surface area contributed by atoms with Gasteiger partial charge in [0.1, 0.15) is 12.4 Å². The normalized spacial score (nSPS) is 12.9. The second-order valence-electron chi connectivity index (χ2n) is 8.16. The van der Waals surface area contributed by atoms with Crippen LogP contribution in [0.1, 0.15) is 40.7 Å². The molecule has 0 saturated carbocycles. The Balaban J connectivity index is 1.32. The molecule has 0 aromatic heterocycles. The van der Waals surface area contributed by atoms with Crippen LogP contribution in [0.25, 0.3) is 11.1 Å². The first-order valence-corrected chi connectivity index (χ1v) is 10.8. The van der Waals surface area contributed by atoms with E-state index < -0.39 is 24.0 Å². The molecule has 8 nitrogen and oxygen atoms in total. The quantitative estimate of drug-likeness (QED) is 0.389. The Labute approximate surface area is 196 Å². The lowest BCUT2D eigenvalue weighted by atomic mass is 9.98. The van der Waals surface area contributed by atoms with Crippen LogP contribution in [-0.4, -0.2) is 40.8 Å². The maximum atomic E-state index is 12.4. The number of carboxylic acids is 1. The highest BCUT2D eigenvalue weighted by Gasteiger charge is 2.29. The first kappa shape index (κ1) is 22.8. The molecule has 2 amide bonds. The van der Waals surface area contributed by atoms with Gasteiger partial charge in [0.25, 0.3) is 0 Å². The maximum absolute atomic E-state index is 12.4. The number of anilines is 1. The van der Waals surface area contributed by atoms with Crippen LogP contribution in [-0.2, 0) is 9.53 Å². The molecule has 8 heteroatoms. The van der Waals surface area contributed by atoms with Gasteiger partial charge in [0.2, 0.25) is 5.91 Å². The summed E-state index contributed by atoms with van der Waals surface area (Å²) in [7, 11) is 0. The number of hydrogen-bond donors (Lipinski definition) is 4. The number of phenolic OH excluding ortho intramolecular Hbond substituents is 1. The topological polar surface area (TPSA) is 125 Å². The van der Waals surface area contributed by atoms with Crippen LogP contribution in [0, 0.1) is 0 Å². The van der Waals surface area contributed by atoms with Crippen molar-refractivity contribution in [3.8, 4) is 16.9 Å². The number of amides is 2. The molecule has 4 N–H and O–H groups in total. The average molecular weight is 460 g/mol. The first-order valence-electron chi connectivity index (χ1n) is 10.8. The van der Waals surface area contributed by atoms with Crippen LogP contribution in [0.3, 0.4) is 0 Å². The van der Waals surface area contributed by atoms with Gasteiger partial charge in [-0.25, -0.2) is 9.59 Å². The largest absolute Gasteiger partial charge is 0.508 e. The summed E-state index contributed by atoms with van der Waals surface area (Å²) in [6.07, 6.45) is -0.734. The Hall–Kier alpha value is -4.33. The van der Waals surface area contributed by atoms with Crippen LogP contribution >= 0.6 is 0 Å². The minimum absolute atomic E-state index is 0.0589. The number of aromatic carboxylic acids is 1. The molecule has 174 valence electrons. The van der Waals surface area contributed by atoms with Crippen molar-refractivity contribution in [1.29, 1.82) is 0 Å². The van der Waals surface area contributed by atoms with Crippen LogP contribution in [0.5, 0.6) is 5.75 Å². The van der Waals surface area contributed by atoms with Crippen LogP contribution in [0.4, 0.5) is 10.5 Å². The van der Waals surface area contributed by atoms with Gasteiger partial charge in [-0.05, 0) is 47.4 Å². The third-order valence-corrected chi connectivity index (χ3v) is 5.71. The van der Waals surface area contributed by atoms with E-state index >= 15 is 0 Å². The van der Waals surface area contributed by atoms with Gasteiger partial charge in [-0.3, -0.25) is 4.79 Å². The molecule has 0 unspecified atom stereocenters. The molecule has 0 bridgehead atoms. The molecule has 4 rings (SSSR count). The third kappa shape index (κ3) is 4.85. The second kappa shape index (κ2) is 9.66. The highest BCUT2D eigenvalue weighted by molar-refractivity contribution is 6.01. The van der Waals surface area contributed by atoms with Gasteiger partial charge in [-0.15, -0.1) is 0 Å². The van der Waals surface area contributed by atoms with Gasteiger partial charge >= 0.3 is 12.1 Å². The van der Waals surface area contributed by atoms with Gasteiger partial charge in [-0.2, -0.15) is 0 Å². The van der Waals surface area contributed by atoms with E-state index in [0.29, 0.717) is 0 Å². The summed E-state index contributed by atoms with van der Waals surface area (Å²) in [6, 6.07) is 19.1. The number of ether oxygens (including phenoxy) is 1. The fourth-order valence-electron chi connectivity index (χ4n) is 4.19. The predicted molar refractivity (Wildman–Crippen MR) is 126 cm³/mol. The molecule has 1 atom stereocenters. The molecule has 1 aliphatic carbocycles. The summed E-state index contributed by atoms with van der Waals surface area (Å²) in [5.74, 6) is -2.06. The second-order valence-corrected chi connectivity index (χ2v) is 8.16. The molecule has 0 spiro atoms. The van der Waals surface area contributed by atoms with E-state index in [-0.39, 0.29) is 35.9 Å². The van der Waals surface area contributed by atoms with Crippen molar-refractivity contribution in [2.75, 3.05) is 11.9 Å².